The van der Waals surface area contributed by atoms with Gasteiger partial charge in [-0.2, -0.15) is 0 Å². The Kier molecular flexibility index (Phi) is 7.31. The third-order valence-electron chi connectivity index (χ3n) is 4.82. The number of hydrogen-bond donors (Lipinski definition) is 2. The Morgan fingerprint density at radius 2 is 1.44 bits per heavy atom. The second-order valence-corrected chi connectivity index (χ2v) is 8.64. The van der Waals surface area contributed by atoms with Crippen molar-refractivity contribution < 1.29 is 14.3 Å². The van der Waals surface area contributed by atoms with E-state index in [9.17, 15) is 9.59 Å². The van der Waals surface area contributed by atoms with E-state index in [-0.39, 0.29) is 17.4 Å². The smallest absolute Gasteiger partial charge is 0.265 e. The lowest BCUT2D eigenvalue weighted by Gasteiger charge is -2.22. The predicted molar refractivity (Wildman–Crippen MR) is 129 cm³/mol. The number of carbonyl (C=O) groups excluding carboxylic acids is 2. The molecule has 5 heteroatoms. The van der Waals surface area contributed by atoms with Crippen LogP contribution >= 0.6 is 0 Å². The topological polar surface area (TPSA) is 67.4 Å². The first-order valence-electron chi connectivity index (χ1n) is 10.8. The lowest BCUT2D eigenvalue weighted by molar-refractivity contribution is -0.122. The standard InChI is InChI=1S/C27H30N2O3/c1-5-24(32-21-17-15-20(16-18-21)19-11-7-6-8-12-19)26(31)28-23-14-10-9-13-22(23)25(30)29-27(2,3)4/h6-18,24H,5H2,1-4H3,(H,28,31)(H,29,30). The molecule has 0 radical (unpaired) electrons. The minimum atomic E-state index is -0.684. The first kappa shape index (κ1) is 23.1. The van der Waals surface area contributed by atoms with Gasteiger partial charge in [0, 0.05) is 5.54 Å². The van der Waals surface area contributed by atoms with E-state index in [1.807, 2.05) is 82.3 Å². The number of anilines is 1. The Hall–Kier alpha value is -3.60. The van der Waals surface area contributed by atoms with E-state index < -0.39 is 6.10 Å². The van der Waals surface area contributed by atoms with Crippen molar-refractivity contribution in [2.45, 2.75) is 45.8 Å². The Morgan fingerprint density at radius 1 is 0.844 bits per heavy atom. The maximum Gasteiger partial charge on any atom is 0.265 e. The predicted octanol–water partition coefficient (Wildman–Crippen LogP) is 5.68. The van der Waals surface area contributed by atoms with Crippen molar-refractivity contribution in [3.05, 3.63) is 84.4 Å². The van der Waals surface area contributed by atoms with Gasteiger partial charge in [0.25, 0.3) is 11.8 Å². The molecule has 5 nitrogen and oxygen atoms in total. The second kappa shape index (κ2) is 10.1. The van der Waals surface area contributed by atoms with Gasteiger partial charge in [0.15, 0.2) is 6.10 Å². The fourth-order valence-electron chi connectivity index (χ4n) is 3.25. The fourth-order valence-corrected chi connectivity index (χ4v) is 3.25. The minimum absolute atomic E-state index is 0.237. The first-order chi connectivity index (χ1) is 15.3. The van der Waals surface area contributed by atoms with E-state index >= 15 is 0 Å². The van der Waals surface area contributed by atoms with Crippen LogP contribution in [0.4, 0.5) is 5.69 Å². The fraction of sp³-hybridized carbons (Fsp3) is 0.259. The van der Waals surface area contributed by atoms with Crippen LogP contribution < -0.4 is 15.4 Å². The van der Waals surface area contributed by atoms with Crippen LogP contribution in [0.3, 0.4) is 0 Å². The van der Waals surface area contributed by atoms with Crippen LogP contribution in [0, 0.1) is 0 Å². The number of hydrogen-bond acceptors (Lipinski definition) is 3. The average Bonchev–Trinajstić information content (AvgIpc) is 2.77. The molecule has 2 amide bonds. The number of nitrogens with one attached hydrogen (secondary N) is 2. The number of benzene rings is 3. The van der Waals surface area contributed by atoms with Gasteiger partial charge in [-0.15, -0.1) is 0 Å². The van der Waals surface area contributed by atoms with Crippen LogP contribution in [0.2, 0.25) is 0 Å². The van der Waals surface area contributed by atoms with E-state index in [1.54, 1.807) is 24.3 Å². The Morgan fingerprint density at radius 3 is 2.06 bits per heavy atom. The van der Waals surface area contributed by atoms with Gasteiger partial charge in [0.1, 0.15) is 5.75 Å². The summed E-state index contributed by atoms with van der Waals surface area (Å²) in [6.45, 7) is 7.63. The minimum Gasteiger partial charge on any atom is -0.481 e. The molecule has 0 aliphatic heterocycles. The summed E-state index contributed by atoms with van der Waals surface area (Å²) in [4.78, 5) is 25.6. The number of carbonyl (C=O) groups is 2. The molecule has 0 heterocycles. The first-order valence-corrected chi connectivity index (χ1v) is 10.8. The molecular weight excluding hydrogens is 400 g/mol. The van der Waals surface area contributed by atoms with Gasteiger partial charge in [-0.1, -0.05) is 61.5 Å². The zero-order valence-corrected chi connectivity index (χ0v) is 19.0. The second-order valence-electron chi connectivity index (χ2n) is 8.64. The molecule has 2 N–H and O–H groups in total. The molecule has 0 aromatic heterocycles. The third kappa shape index (κ3) is 6.20. The average molecular weight is 431 g/mol. The molecule has 32 heavy (non-hydrogen) atoms. The van der Waals surface area contributed by atoms with E-state index in [4.69, 9.17) is 4.74 Å². The molecule has 3 rings (SSSR count). The maximum absolute atomic E-state index is 12.9. The van der Waals surface area contributed by atoms with E-state index in [0.717, 1.165) is 11.1 Å². The van der Waals surface area contributed by atoms with Crippen molar-refractivity contribution in [3.63, 3.8) is 0 Å². The molecule has 1 unspecified atom stereocenters. The third-order valence-corrected chi connectivity index (χ3v) is 4.82. The summed E-state index contributed by atoms with van der Waals surface area (Å²) in [5.41, 5.74) is 2.69. The molecule has 0 bridgehead atoms. The highest BCUT2D eigenvalue weighted by Gasteiger charge is 2.22. The van der Waals surface area contributed by atoms with Crippen molar-refractivity contribution in [3.8, 4) is 16.9 Å². The summed E-state index contributed by atoms with van der Waals surface area (Å²) in [7, 11) is 0. The molecule has 3 aromatic rings. The lowest BCUT2D eigenvalue weighted by atomic mass is 10.1. The van der Waals surface area contributed by atoms with Gasteiger partial charge in [0.05, 0.1) is 11.3 Å². The molecule has 1 atom stereocenters. The van der Waals surface area contributed by atoms with Crippen molar-refractivity contribution in [2.24, 2.45) is 0 Å². The summed E-state index contributed by atoms with van der Waals surface area (Å²) < 4.78 is 5.96. The summed E-state index contributed by atoms with van der Waals surface area (Å²) in [5, 5.41) is 5.79. The van der Waals surface area contributed by atoms with Gasteiger partial charge in [0.2, 0.25) is 0 Å². The zero-order chi connectivity index (χ0) is 23.1. The lowest BCUT2D eigenvalue weighted by Crippen LogP contribution is -2.41. The largest absolute Gasteiger partial charge is 0.481 e. The molecule has 0 saturated heterocycles. The SMILES string of the molecule is CCC(Oc1ccc(-c2ccccc2)cc1)C(=O)Nc1ccccc1C(=O)NC(C)(C)C. The summed E-state index contributed by atoms with van der Waals surface area (Å²) >= 11 is 0. The van der Waals surface area contributed by atoms with Crippen molar-refractivity contribution >= 4 is 17.5 Å². The van der Waals surface area contributed by atoms with E-state index in [0.29, 0.717) is 23.4 Å². The number of amides is 2. The highest BCUT2D eigenvalue weighted by Crippen LogP contribution is 2.24. The van der Waals surface area contributed by atoms with Crippen molar-refractivity contribution in [2.75, 3.05) is 5.32 Å². The zero-order valence-electron chi connectivity index (χ0n) is 19.0. The van der Waals surface area contributed by atoms with Gasteiger partial charge in [-0.05, 0) is 62.6 Å². The van der Waals surface area contributed by atoms with Gasteiger partial charge in [-0.3, -0.25) is 9.59 Å². The maximum atomic E-state index is 12.9. The molecule has 0 aliphatic rings. The molecule has 0 spiro atoms. The number of ether oxygens (including phenoxy) is 1. The summed E-state index contributed by atoms with van der Waals surface area (Å²) in [5.74, 6) is 0.0833. The highest BCUT2D eigenvalue weighted by atomic mass is 16.5. The normalized spacial score (nSPS) is 12.0. The summed E-state index contributed by atoms with van der Waals surface area (Å²) in [6.07, 6.45) is -0.195. The van der Waals surface area contributed by atoms with Crippen molar-refractivity contribution in [1.29, 1.82) is 0 Å². The monoisotopic (exact) mass is 430 g/mol. The van der Waals surface area contributed by atoms with Crippen LogP contribution in [-0.4, -0.2) is 23.5 Å². The Labute approximate surface area is 189 Å². The van der Waals surface area contributed by atoms with Crippen molar-refractivity contribution in [1.82, 2.24) is 5.32 Å². The van der Waals surface area contributed by atoms with Gasteiger partial charge in [-0.25, -0.2) is 0 Å². The van der Waals surface area contributed by atoms with Gasteiger partial charge >= 0.3 is 0 Å². The van der Waals surface area contributed by atoms with E-state index in [1.165, 1.54) is 0 Å². The Balaban J connectivity index is 1.70. The molecule has 3 aromatic carbocycles. The van der Waals surface area contributed by atoms with Crippen LogP contribution in [0.25, 0.3) is 11.1 Å². The summed E-state index contributed by atoms with van der Waals surface area (Å²) in [6, 6.07) is 24.7. The molecule has 0 aliphatic carbocycles. The highest BCUT2D eigenvalue weighted by molar-refractivity contribution is 6.04. The number of rotatable bonds is 7. The Bertz CT molecular complexity index is 1050. The molecule has 166 valence electrons. The van der Waals surface area contributed by atoms with E-state index in [2.05, 4.69) is 10.6 Å². The molecule has 0 fully saturated rings. The van der Waals surface area contributed by atoms with Crippen LogP contribution in [0.5, 0.6) is 5.75 Å². The van der Waals surface area contributed by atoms with Crippen LogP contribution in [0.15, 0.2) is 78.9 Å². The van der Waals surface area contributed by atoms with Crippen LogP contribution in [0.1, 0.15) is 44.5 Å². The molecule has 0 saturated carbocycles. The molecular formula is C27H30N2O3. The number of para-hydroxylation sites is 1. The van der Waals surface area contributed by atoms with Crippen LogP contribution in [-0.2, 0) is 4.79 Å². The van der Waals surface area contributed by atoms with Gasteiger partial charge < -0.3 is 15.4 Å². The quantitative estimate of drug-likeness (QED) is 0.507.